The highest BCUT2D eigenvalue weighted by molar-refractivity contribution is 6.06. The number of hydrogen-bond donors (Lipinski definition) is 2. The lowest BCUT2D eigenvalue weighted by Crippen LogP contribution is -2.33. The average Bonchev–Trinajstić information content (AvgIpc) is 2.77. The molecule has 0 saturated carbocycles. The van der Waals surface area contributed by atoms with E-state index in [9.17, 15) is 28.0 Å². The highest BCUT2D eigenvalue weighted by Gasteiger charge is 2.31. The molecule has 1 unspecified atom stereocenters. The summed E-state index contributed by atoms with van der Waals surface area (Å²) in [5.41, 5.74) is -0.937. The van der Waals surface area contributed by atoms with Gasteiger partial charge in [-0.25, -0.2) is 13.6 Å². The van der Waals surface area contributed by atoms with Gasteiger partial charge in [-0.15, -0.1) is 0 Å². The lowest BCUT2D eigenvalue weighted by atomic mass is 9.85. The summed E-state index contributed by atoms with van der Waals surface area (Å²) >= 11 is 0. The fourth-order valence-electron chi connectivity index (χ4n) is 3.48. The molecule has 1 aliphatic rings. The summed E-state index contributed by atoms with van der Waals surface area (Å²) in [6.07, 6.45) is 2.21. The summed E-state index contributed by atoms with van der Waals surface area (Å²) in [5, 5.41) is 6.16. The van der Waals surface area contributed by atoms with Gasteiger partial charge in [0.05, 0.1) is 11.4 Å². The fourth-order valence-corrected chi connectivity index (χ4v) is 3.48. The Morgan fingerprint density at radius 1 is 1.12 bits per heavy atom. The van der Waals surface area contributed by atoms with Crippen LogP contribution in [0.4, 0.5) is 14.5 Å². The number of hydrogen-bond acceptors (Lipinski definition) is 5. The first-order valence-corrected chi connectivity index (χ1v) is 9.75. The molecule has 1 atom stereocenters. The number of rotatable bonds is 4. The van der Waals surface area contributed by atoms with Crippen LogP contribution in [0.2, 0.25) is 0 Å². The predicted molar refractivity (Wildman–Crippen MR) is 114 cm³/mol. The maximum Gasteiger partial charge on any atom is 0.349 e. The van der Waals surface area contributed by atoms with E-state index in [1.807, 2.05) is 4.98 Å². The third-order valence-electron chi connectivity index (χ3n) is 5.17. The monoisotopic (exact) mass is 453 g/mol. The Hall–Kier alpha value is -4.41. The van der Waals surface area contributed by atoms with Crippen LogP contribution in [0.3, 0.4) is 0 Å². The molecule has 0 radical (unpaired) electrons. The zero-order valence-electron chi connectivity index (χ0n) is 17.2. The molecule has 9 nitrogen and oxygen atoms in total. The molecule has 0 spiro atoms. The van der Waals surface area contributed by atoms with Gasteiger partial charge in [-0.05, 0) is 35.9 Å². The van der Waals surface area contributed by atoms with Gasteiger partial charge in [-0.1, -0.05) is 12.1 Å². The van der Waals surface area contributed by atoms with E-state index in [4.69, 9.17) is 0 Å². The van der Waals surface area contributed by atoms with E-state index in [0.717, 1.165) is 16.9 Å². The minimum absolute atomic E-state index is 0.0272. The number of anilines is 1. The number of nitrogens with zero attached hydrogens (tertiary/aromatic N) is 3. The molecule has 2 heterocycles. The van der Waals surface area contributed by atoms with E-state index in [1.165, 1.54) is 54.5 Å². The van der Waals surface area contributed by atoms with E-state index < -0.39 is 34.7 Å². The number of nitrogens with one attached hydrogen (secondary N) is 2. The van der Waals surface area contributed by atoms with Crippen molar-refractivity contribution in [2.45, 2.75) is 12.3 Å². The lowest BCUT2D eigenvalue weighted by molar-refractivity contribution is -0.128. The lowest BCUT2D eigenvalue weighted by Gasteiger charge is -2.28. The molecule has 0 fully saturated rings. The van der Waals surface area contributed by atoms with E-state index in [2.05, 4.69) is 10.4 Å². The predicted octanol–water partition coefficient (Wildman–Crippen LogP) is 1.67. The number of aromatic nitrogens is 3. The number of benzene rings is 2. The molecule has 3 aromatic rings. The number of aromatic amines is 1. The average molecular weight is 453 g/mol. The second-order valence-electron chi connectivity index (χ2n) is 7.37. The summed E-state index contributed by atoms with van der Waals surface area (Å²) in [7, 11) is 1.49. The first kappa shape index (κ1) is 21.8. The molecule has 0 aliphatic carbocycles. The van der Waals surface area contributed by atoms with Crippen LogP contribution in [0.1, 0.15) is 17.9 Å². The molecule has 4 rings (SSSR count). The smallest absolute Gasteiger partial charge is 0.322 e. The summed E-state index contributed by atoms with van der Waals surface area (Å²) in [6, 6.07) is 8.89. The van der Waals surface area contributed by atoms with Crippen molar-refractivity contribution >= 4 is 17.5 Å². The molecular formula is C22H17F2N5O4. The zero-order chi connectivity index (χ0) is 23.7. The molecule has 1 aromatic heterocycles. The van der Waals surface area contributed by atoms with Crippen LogP contribution in [0, 0.1) is 11.6 Å². The molecular weight excluding hydrogens is 436 g/mol. The van der Waals surface area contributed by atoms with Gasteiger partial charge in [0.2, 0.25) is 5.91 Å². The van der Waals surface area contributed by atoms with Crippen LogP contribution in [0.25, 0.3) is 5.69 Å². The molecule has 11 heteroatoms. The van der Waals surface area contributed by atoms with E-state index in [-0.39, 0.29) is 29.3 Å². The Morgan fingerprint density at radius 2 is 1.85 bits per heavy atom. The number of amides is 2. The molecule has 0 saturated heterocycles. The molecule has 2 N–H and O–H groups in total. The number of H-pyrrole nitrogens is 1. The van der Waals surface area contributed by atoms with Crippen LogP contribution in [-0.4, -0.2) is 38.5 Å². The topological polar surface area (TPSA) is 117 Å². The Bertz CT molecular complexity index is 1390. The minimum Gasteiger partial charge on any atom is -0.322 e. The molecule has 2 aromatic carbocycles. The van der Waals surface area contributed by atoms with Gasteiger partial charge in [0.1, 0.15) is 17.8 Å². The van der Waals surface area contributed by atoms with E-state index in [1.54, 1.807) is 0 Å². The van der Waals surface area contributed by atoms with Gasteiger partial charge in [0.25, 0.3) is 11.5 Å². The summed E-state index contributed by atoms with van der Waals surface area (Å²) in [6.45, 7) is 0. The second kappa shape index (κ2) is 8.61. The van der Waals surface area contributed by atoms with Crippen LogP contribution in [-0.2, 0) is 9.59 Å². The Labute approximate surface area is 185 Å². The van der Waals surface area contributed by atoms with Crippen molar-refractivity contribution < 1.29 is 18.4 Å². The molecule has 168 valence electrons. The Kier molecular flexibility index (Phi) is 5.69. The van der Waals surface area contributed by atoms with E-state index in [0.29, 0.717) is 5.56 Å². The van der Waals surface area contributed by atoms with Gasteiger partial charge in [-0.3, -0.25) is 19.4 Å². The maximum atomic E-state index is 14.5. The Balaban J connectivity index is 1.68. The van der Waals surface area contributed by atoms with Crippen molar-refractivity contribution in [1.29, 1.82) is 0 Å². The quantitative estimate of drug-likeness (QED) is 0.623. The van der Waals surface area contributed by atoms with Crippen molar-refractivity contribution in [2.24, 2.45) is 0 Å². The van der Waals surface area contributed by atoms with Crippen LogP contribution >= 0.6 is 0 Å². The molecule has 2 amide bonds. The molecule has 33 heavy (non-hydrogen) atoms. The summed E-state index contributed by atoms with van der Waals surface area (Å²) in [4.78, 5) is 51.8. The third kappa shape index (κ3) is 4.47. The number of halogens is 2. The van der Waals surface area contributed by atoms with Gasteiger partial charge in [0.15, 0.2) is 0 Å². The summed E-state index contributed by atoms with van der Waals surface area (Å²) in [5.74, 6) is -2.81. The minimum atomic E-state index is -0.835. The van der Waals surface area contributed by atoms with Crippen LogP contribution in [0.15, 0.2) is 70.0 Å². The molecule has 0 bridgehead atoms. The maximum absolute atomic E-state index is 14.5. The second-order valence-corrected chi connectivity index (χ2v) is 7.37. The summed E-state index contributed by atoms with van der Waals surface area (Å²) < 4.78 is 28.7. The van der Waals surface area contributed by atoms with E-state index >= 15 is 0 Å². The van der Waals surface area contributed by atoms with Gasteiger partial charge in [0, 0.05) is 31.2 Å². The van der Waals surface area contributed by atoms with Crippen molar-refractivity contribution in [3.63, 3.8) is 0 Å². The van der Waals surface area contributed by atoms with Crippen molar-refractivity contribution in [3.05, 3.63) is 98.5 Å². The van der Waals surface area contributed by atoms with Gasteiger partial charge >= 0.3 is 5.69 Å². The third-order valence-corrected chi connectivity index (χ3v) is 5.17. The van der Waals surface area contributed by atoms with Crippen molar-refractivity contribution in [1.82, 2.24) is 19.7 Å². The highest BCUT2D eigenvalue weighted by Crippen LogP contribution is 2.33. The zero-order valence-corrected chi connectivity index (χ0v) is 17.2. The number of carbonyl (C=O) groups is 2. The standard InChI is InChI=1S/C22H17F2N5O4/c1-28-11-16(15(9-20(28)31)12-2-4-13(23)5-3-12)21(32)26-18-8-14(6-7-17(18)24)29-22(33)27-19(30)10-25-29/h2-8,10-11,15H,9H2,1H3,(H,26,32)(H,27,30,33). The SMILES string of the molecule is CN1C=C(C(=O)Nc2cc(-n3ncc(=O)[nH]c3=O)ccc2F)C(c2ccc(F)cc2)CC1=O. The number of carbonyl (C=O) groups excluding carboxylic acids is 2. The van der Waals surface area contributed by atoms with Crippen LogP contribution < -0.4 is 16.6 Å². The highest BCUT2D eigenvalue weighted by atomic mass is 19.1. The van der Waals surface area contributed by atoms with Gasteiger partial charge in [-0.2, -0.15) is 9.78 Å². The van der Waals surface area contributed by atoms with Crippen LogP contribution in [0.5, 0.6) is 0 Å². The van der Waals surface area contributed by atoms with Crippen molar-refractivity contribution in [3.8, 4) is 5.69 Å². The normalized spacial score (nSPS) is 15.8. The van der Waals surface area contributed by atoms with Crippen molar-refractivity contribution in [2.75, 3.05) is 12.4 Å². The Morgan fingerprint density at radius 3 is 2.55 bits per heavy atom. The molecule has 1 aliphatic heterocycles. The largest absolute Gasteiger partial charge is 0.349 e. The first-order valence-electron chi connectivity index (χ1n) is 9.75. The fraction of sp³-hybridized carbons (Fsp3) is 0.136. The first-order chi connectivity index (χ1) is 15.7. The van der Waals surface area contributed by atoms with Gasteiger partial charge < -0.3 is 10.2 Å².